The fourth-order valence-corrected chi connectivity index (χ4v) is 4.18. The first-order valence-electron chi connectivity index (χ1n) is 7.54. The van der Waals surface area contributed by atoms with Gasteiger partial charge in [0.25, 0.3) is 0 Å². The summed E-state index contributed by atoms with van der Waals surface area (Å²) in [4.78, 5) is 9.68. The zero-order chi connectivity index (χ0) is 13.2. The van der Waals surface area contributed by atoms with Crippen LogP contribution in [0.25, 0.3) is 0 Å². The van der Waals surface area contributed by atoms with Crippen LogP contribution in [0.15, 0.2) is 4.47 Å². The Balaban J connectivity index is 1.98. The van der Waals surface area contributed by atoms with Gasteiger partial charge in [-0.15, -0.1) is 0 Å². The van der Waals surface area contributed by atoms with E-state index in [0.717, 1.165) is 16.1 Å². The van der Waals surface area contributed by atoms with Crippen molar-refractivity contribution >= 4 is 21.7 Å². The van der Waals surface area contributed by atoms with Crippen molar-refractivity contribution in [3.8, 4) is 0 Å². The van der Waals surface area contributed by atoms with Gasteiger partial charge in [-0.05, 0) is 41.6 Å². The molecule has 1 aromatic rings. The molecule has 0 aromatic carbocycles. The van der Waals surface area contributed by atoms with Crippen molar-refractivity contribution in [2.75, 3.05) is 12.4 Å². The molecule has 4 heteroatoms. The van der Waals surface area contributed by atoms with Crippen molar-refractivity contribution in [3.05, 3.63) is 16.0 Å². The first-order valence-corrected chi connectivity index (χ1v) is 8.34. The SMILES string of the molecule is CNc1nc(C2CCCC2)nc(C2CCCC2)c1Br. The van der Waals surface area contributed by atoms with Crippen molar-refractivity contribution in [1.82, 2.24) is 9.97 Å². The molecule has 2 aliphatic carbocycles. The van der Waals surface area contributed by atoms with Crippen LogP contribution in [0, 0.1) is 0 Å². The van der Waals surface area contributed by atoms with E-state index >= 15 is 0 Å². The molecule has 0 unspecified atom stereocenters. The van der Waals surface area contributed by atoms with Crippen molar-refractivity contribution in [2.45, 2.75) is 63.2 Å². The maximum absolute atomic E-state index is 4.95. The Morgan fingerprint density at radius 2 is 1.53 bits per heavy atom. The molecular formula is C15H22BrN3. The van der Waals surface area contributed by atoms with E-state index in [2.05, 4.69) is 21.2 Å². The molecule has 0 bridgehead atoms. The average Bonchev–Trinajstić information content (AvgIpc) is 3.12. The summed E-state index contributed by atoms with van der Waals surface area (Å²) < 4.78 is 1.09. The van der Waals surface area contributed by atoms with E-state index in [1.165, 1.54) is 57.1 Å². The molecule has 1 aromatic heterocycles. The molecule has 3 rings (SSSR count). The second-order valence-corrected chi connectivity index (χ2v) is 6.64. The Morgan fingerprint density at radius 1 is 0.947 bits per heavy atom. The van der Waals surface area contributed by atoms with E-state index in [1.54, 1.807) is 0 Å². The molecule has 2 fully saturated rings. The largest absolute Gasteiger partial charge is 0.372 e. The highest BCUT2D eigenvalue weighted by Gasteiger charge is 2.27. The summed E-state index contributed by atoms with van der Waals surface area (Å²) in [5.41, 5.74) is 1.25. The van der Waals surface area contributed by atoms with E-state index in [1.807, 2.05) is 7.05 Å². The van der Waals surface area contributed by atoms with Gasteiger partial charge < -0.3 is 5.32 Å². The quantitative estimate of drug-likeness (QED) is 0.883. The van der Waals surface area contributed by atoms with Crippen molar-refractivity contribution in [1.29, 1.82) is 0 Å². The molecule has 3 nitrogen and oxygen atoms in total. The van der Waals surface area contributed by atoms with Crippen LogP contribution in [0.1, 0.15) is 74.7 Å². The van der Waals surface area contributed by atoms with Gasteiger partial charge in [0.05, 0.1) is 10.2 Å². The third-order valence-corrected chi connectivity index (χ3v) is 5.37. The topological polar surface area (TPSA) is 37.8 Å². The number of aromatic nitrogens is 2. The van der Waals surface area contributed by atoms with E-state index in [-0.39, 0.29) is 0 Å². The molecule has 0 spiro atoms. The number of nitrogens with one attached hydrogen (secondary N) is 1. The first-order chi connectivity index (χ1) is 9.29. The maximum Gasteiger partial charge on any atom is 0.144 e. The minimum absolute atomic E-state index is 0.584. The van der Waals surface area contributed by atoms with Gasteiger partial charge in [-0.2, -0.15) is 0 Å². The van der Waals surface area contributed by atoms with Crippen LogP contribution in [0.2, 0.25) is 0 Å². The van der Waals surface area contributed by atoms with E-state index in [9.17, 15) is 0 Å². The smallest absolute Gasteiger partial charge is 0.144 e. The number of rotatable bonds is 3. The molecule has 2 aliphatic rings. The summed E-state index contributed by atoms with van der Waals surface area (Å²) in [6, 6.07) is 0. The number of hydrogen-bond acceptors (Lipinski definition) is 3. The molecule has 104 valence electrons. The van der Waals surface area contributed by atoms with Crippen molar-refractivity contribution in [2.24, 2.45) is 0 Å². The highest BCUT2D eigenvalue weighted by Crippen LogP contribution is 2.40. The molecule has 0 aliphatic heterocycles. The minimum atomic E-state index is 0.584. The molecule has 0 saturated heterocycles. The van der Waals surface area contributed by atoms with Crippen LogP contribution < -0.4 is 5.32 Å². The van der Waals surface area contributed by atoms with Gasteiger partial charge >= 0.3 is 0 Å². The van der Waals surface area contributed by atoms with Crippen molar-refractivity contribution < 1.29 is 0 Å². The van der Waals surface area contributed by atoms with Crippen LogP contribution in [0.4, 0.5) is 5.82 Å². The first kappa shape index (κ1) is 13.3. The number of hydrogen-bond donors (Lipinski definition) is 1. The fraction of sp³-hybridized carbons (Fsp3) is 0.733. The maximum atomic E-state index is 4.95. The molecule has 1 heterocycles. The average molecular weight is 324 g/mol. The van der Waals surface area contributed by atoms with Gasteiger partial charge in [-0.3, -0.25) is 0 Å². The Labute approximate surface area is 123 Å². The van der Waals surface area contributed by atoms with Crippen LogP contribution in [-0.2, 0) is 0 Å². The second kappa shape index (κ2) is 5.78. The number of halogens is 1. The van der Waals surface area contributed by atoms with Crippen LogP contribution in [0.3, 0.4) is 0 Å². The van der Waals surface area contributed by atoms with E-state index < -0.39 is 0 Å². The molecule has 0 radical (unpaired) electrons. The lowest BCUT2D eigenvalue weighted by molar-refractivity contribution is 0.631. The van der Waals surface area contributed by atoms with Crippen LogP contribution in [0.5, 0.6) is 0 Å². The van der Waals surface area contributed by atoms with Crippen molar-refractivity contribution in [3.63, 3.8) is 0 Å². The minimum Gasteiger partial charge on any atom is -0.372 e. The van der Waals surface area contributed by atoms with E-state index in [4.69, 9.17) is 9.97 Å². The zero-order valence-electron chi connectivity index (χ0n) is 11.6. The summed E-state index contributed by atoms with van der Waals surface area (Å²) >= 11 is 3.71. The summed E-state index contributed by atoms with van der Waals surface area (Å²) in [6.45, 7) is 0. The predicted octanol–water partition coefficient (Wildman–Crippen LogP) is 4.60. The normalized spacial score (nSPS) is 21.2. The monoisotopic (exact) mass is 323 g/mol. The Kier molecular flexibility index (Phi) is 4.06. The Morgan fingerprint density at radius 3 is 2.11 bits per heavy atom. The van der Waals surface area contributed by atoms with Gasteiger partial charge in [0.2, 0.25) is 0 Å². The summed E-state index contributed by atoms with van der Waals surface area (Å²) in [7, 11) is 1.95. The standard InChI is InChI=1S/C15H22BrN3/c1-17-15-12(16)13(10-6-2-3-7-10)18-14(19-15)11-8-4-5-9-11/h10-11H,2-9H2,1H3,(H,17,18,19). The summed E-state index contributed by atoms with van der Waals surface area (Å²) in [6.07, 6.45) is 10.4. The van der Waals surface area contributed by atoms with Gasteiger partial charge in [-0.25, -0.2) is 9.97 Å². The van der Waals surface area contributed by atoms with Gasteiger partial charge in [-0.1, -0.05) is 25.7 Å². The lowest BCUT2D eigenvalue weighted by atomic mass is 10.0. The van der Waals surface area contributed by atoms with E-state index in [0.29, 0.717) is 11.8 Å². The van der Waals surface area contributed by atoms with Gasteiger partial charge in [0.1, 0.15) is 11.6 Å². The second-order valence-electron chi connectivity index (χ2n) is 5.84. The Hall–Kier alpha value is -0.640. The molecule has 19 heavy (non-hydrogen) atoms. The van der Waals surface area contributed by atoms with Crippen LogP contribution >= 0.6 is 15.9 Å². The third-order valence-electron chi connectivity index (χ3n) is 4.59. The molecule has 0 amide bonds. The van der Waals surface area contributed by atoms with Gasteiger partial charge in [0, 0.05) is 18.9 Å². The molecule has 0 atom stereocenters. The van der Waals surface area contributed by atoms with Crippen LogP contribution in [-0.4, -0.2) is 17.0 Å². The number of anilines is 1. The highest BCUT2D eigenvalue weighted by atomic mass is 79.9. The van der Waals surface area contributed by atoms with Gasteiger partial charge in [0.15, 0.2) is 0 Å². The molecule has 2 saturated carbocycles. The highest BCUT2D eigenvalue weighted by molar-refractivity contribution is 9.10. The zero-order valence-corrected chi connectivity index (χ0v) is 13.2. The predicted molar refractivity (Wildman–Crippen MR) is 81.7 cm³/mol. The number of nitrogens with zero attached hydrogens (tertiary/aromatic N) is 2. The fourth-order valence-electron chi connectivity index (χ4n) is 3.48. The summed E-state index contributed by atoms with van der Waals surface area (Å²) in [5.74, 6) is 3.26. The molecule has 1 N–H and O–H groups in total. The third kappa shape index (κ3) is 2.64. The summed E-state index contributed by atoms with van der Waals surface area (Å²) in [5, 5.41) is 3.22. The Bertz CT molecular complexity index is 449. The lowest BCUT2D eigenvalue weighted by Crippen LogP contribution is -2.10. The molecular weight excluding hydrogens is 302 g/mol. The lowest BCUT2D eigenvalue weighted by Gasteiger charge is -2.17.